The van der Waals surface area contributed by atoms with Crippen LogP contribution in [0, 0.1) is 0 Å². The van der Waals surface area contributed by atoms with Gasteiger partial charge in [0.2, 0.25) is 5.91 Å². The molecule has 2 N–H and O–H groups in total. The number of carbonyl (C=O) groups excluding carboxylic acids is 2. The minimum Gasteiger partial charge on any atom is -0.465 e. The first-order valence-corrected chi connectivity index (χ1v) is 10.3. The molecule has 6 nitrogen and oxygen atoms in total. The number of furan rings is 1. The average Bonchev–Trinajstić information content (AvgIpc) is 3.27. The fourth-order valence-corrected chi connectivity index (χ4v) is 5.01. The number of thiocarbonyl (C=S) groups is 1. The van der Waals surface area contributed by atoms with E-state index in [-0.39, 0.29) is 17.9 Å². The van der Waals surface area contributed by atoms with Crippen LogP contribution >= 0.6 is 35.7 Å². The number of thioether (sulfide) groups is 2. The van der Waals surface area contributed by atoms with E-state index in [2.05, 4.69) is 5.32 Å². The summed E-state index contributed by atoms with van der Waals surface area (Å²) in [6, 6.07) is 3.35. The first kappa shape index (κ1) is 18.5. The van der Waals surface area contributed by atoms with Crippen LogP contribution in [0.2, 0.25) is 0 Å². The zero-order valence-electron chi connectivity index (χ0n) is 13.3. The molecule has 2 aliphatic heterocycles. The predicted molar refractivity (Wildman–Crippen MR) is 103 cm³/mol. The molecule has 1 aromatic heterocycles. The van der Waals surface area contributed by atoms with Crippen molar-refractivity contribution in [2.24, 2.45) is 0 Å². The van der Waals surface area contributed by atoms with Gasteiger partial charge in [-0.25, -0.2) is 0 Å². The molecule has 2 amide bonds. The largest absolute Gasteiger partial charge is 0.465 e. The molecular weight excluding hydrogens is 380 g/mol. The molecule has 0 spiro atoms. The Kier molecular flexibility index (Phi) is 6.21. The lowest BCUT2D eigenvalue weighted by molar-refractivity contribution is -0.124. The Morgan fingerprint density at radius 3 is 3.04 bits per heavy atom. The predicted octanol–water partition coefficient (Wildman–Crippen LogP) is 1.85. The van der Waals surface area contributed by atoms with Gasteiger partial charge in [0, 0.05) is 30.5 Å². The minimum absolute atomic E-state index is 0.108. The number of hydrogen-bond acceptors (Lipinski definition) is 7. The van der Waals surface area contributed by atoms with Crippen LogP contribution in [0.5, 0.6) is 0 Å². The van der Waals surface area contributed by atoms with E-state index < -0.39 is 6.10 Å². The maximum absolute atomic E-state index is 12.4. The third kappa shape index (κ3) is 4.66. The van der Waals surface area contributed by atoms with Crippen LogP contribution in [0.3, 0.4) is 0 Å². The van der Waals surface area contributed by atoms with E-state index in [0.717, 1.165) is 5.75 Å². The third-order valence-electron chi connectivity index (χ3n) is 3.87. The molecule has 25 heavy (non-hydrogen) atoms. The molecule has 0 radical (unpaired) electrons. The number of aliphatic hydroxyl groups excluding tert-OH is 1. The SMILES string of the molecule is O=C(CCCN1C(=O)/C(=C/c2ccco2)SC1=S)NC1CSCC1O. The normalized spacial score (nSPS) is 25.2. The van der Waals surface area contributed by atoms with Crippen LogP contribution in [0.4, 0.5) is 0 Å². The average molecular weight is 399 g/mol. The van der Waals surface area contributed by atoms with Crippen molar-refractivity contribution in [3.8, 4) is 0 Å². The van der Waals surface area contributed by atoms with Crippen LogP contribution in [0.1, 0.15) is 18.6 Å². The van der Waals surface area contributed by atoms with Gasteiger partial charge in [-0.05, 0) is 18.6 Å². The summed E-state index contributed by atoms with van der Waals surface area (Å²) >= 11 is 8.13. The summed E-state index contributed by atoms with van der Waals surface area (Å²) in [7, 11) is 0. The highest BCUT2D eigenvalue weighted by Crippen LogP contribution is 2.32. The molecule has 3 heterocycles. The second kappa shape index (κ2) is 8.39. The number of hydrogen-bond donors (Lipinski definition) is 2. The highest BCUT2D eigenvalue weighted by molar-refractivity contribution is 8.26. The van der Waals surface area contributed by atoms with E-state index in [1.165, 1.54) is 16.7 Å². The molecule has 2 saturated heterocycles. The molecule has 134 valence electrons. The van der Waals surface area contributed by atoms with Crippen molar-refractivity contribution in [1.82, 2.24) is 10.2 Å². The summed E-state index contributed by atoms with van der Waals surface area (Å²) in [4.78, 5) is 26.4. The number of carbonyl (C=O) groups is 2. The van der Waals surface area contributed by atoms with Crippen molar-refractivity contribution in [3.05, 3.63) is 29.1 Å². The Balaban J connectivity index is 1.47. The lowest BCUT2D eigenvalue weighted by atomic mass is 10.2. The van der Waals surface area contributed by atoms with Crippen molar-refractivity contribution in [3.63, 3.8) is 0 Å². The highest BCUT2D eigenvalue weighted by atomic mass is 32.2. The van der Waals surface area contributed by atoms with Crippen molar-refractivity contribution in [1.29, 1.82) is 0 Å². The first-order chi connectivity index (χ1) is 12.0. The number of amides is 2. The van der Waals surface area contributed by atoms with Crippen LogP contribution in [0.15, 0.2) is 27.7 Å². The van der Waals surface area contributed by atoms with E-state index in [1.54, 1.807) is 36.2 Å². The monoisotopic (exact) mass is 398 g/mol. The molecule has 9 heteroatoms. The van der Waals surface area contributed by atoms with Gasteiger partial charge in [-0.1, -0.05) is 24.0 Å². The smallest absolute Gasteiger partial charge is 0.266 e. The van der Waals surface area contributed by atoms with E-state index in [0.29, 0.717) is 40.1 Å². The Labute approximate surface area is 159 Å². The van der Waals surface area contributed by atoms with Gasteiger partial charge in [-0.2, -0.15) is 11.8 Å². The fraction of sp³-hybridized carbons (Fsp3) is 0.438. The summed E-state index contributed by atoms with van der Waals surface area (Å²) in [5.41, 5.74) is 0. The van der Waals surface area contributed by atoms with Crippen molar-refractivity contribution in [2.45, 2.75) is 25.0 Å². The van der Waals surface area contributed by atoms with E-state index in [4.69, 9.17) is 16.6 Å². The van der Waals surface area contributed by atoms with E-state index in [9.17, 15) is 14.7 Å². The first-order valence-electron chi connectivity index (χ1n) is 7.88. The van der Waals surface area contributed by atoms with Gasteiger partial charge >= 0.3 is 0 Å². The van der Waals surface area contributed by atoms with Crippen LogP contribution in [-0.2, 0) is 9.59 Å². The second-order valence-corrected chi connectivity index (χ2v) is 8.48. The lowest BCUT2D eigenvalue weighted by Gasteiger charge is -2.17. The molecule has 2 atom stereocenters. The fourth-order valence-electron chi connectivity index (χ4n) is 2.55. The number of rotatable bonds is 6. The third-order valence-corrected chi connectivity index (χ3v) is 6.42. The Bertz CT molecular complexity index is 690. The summed E-state index contributed by atoms with van der Waals surface area (Å²) in [5, 5.41) is 12.6. The van der Waals surface area contributed by atoms with Gasteiger partial charge in [0.15, 0.2) is 0 Å². The van der Waals surface area contributed by atoms with Gasteiger partial charge in [-0.3, -0.25) is 14.5 Å². The quantitative estimate of drug-likeness (QED) is 0.559. The van der Waals surface area contributed by atoms with Gasteiger partial charge in [0.05, 0.1) is 23.3 Å². The standard InChI is InChI=1S/C16H18N2O4S3/c19-12-9-24-8-11(12)17-14(20)4-1-5-18-15(21)13(25-16(18)23)7-10-3-2-6-22-10/h2-3,6-7,11-12,19H,1,4-5,8-9H2,(H,17,20)/b13-7-. The highest BCUT2D eigenvalue weighted by Gasteiger charge is 2.32. The Hall–Kier alpha value is -1.29. The van der Waals surface area contributed by atoms with Gasteiger partial charge in [0.1, 0.15) is 10.1 Å². The lowest BCUT2D eigenvalue weighted by Crippen LogP contribution is -2.42. The summed E-state index contributed by atoms with van der Waals surface area (Å²) in [6.45, 7) is 0.398. The van der Waals surface area contributed by atoms with E-state index in [1.807, 2.05) is 0 Å². The molecule has 0 aliphatic carbocycles. The maximum Gasteiger partial charge on any atom is 0.266 e. The Morgan fingerprint density at radius 1 is 1.52 bits per heavy atom. The molecule has 2 aliphatic rings. The molecule has 0 aromatic carbocycles. The molecule has 3 rings (SSSR count). The molecule has 2 unspecified atom stereocenters. The zero-order chi connectivity index (χ0) is 17.8. The van der Waals surface area contributed by atoms with Crippen LogP contribution in [-0.4, -0.2) is 56.3 Å². The molecule has 1 aromatic rings. The van der Waals surface area contributed by atoms with Crippen LogP contribution < -0.4 is 5.32 Å². The van der Waals surface area contributed by atoms with Gasteiger partial charge in [-0.15, -0.1) is 0 Å². The summed E-state index contributed by atoms with van der Waals surface area (Å²) in [6.07, 6.45) is 3.55. The maximum atomic E-state index is 12.4. The van der Waals surface area contributed by atoms with Gasteiger partial charge in [0.25, 0.3) is 5.91 Å². The van der Waals surface area contributed by atoms with Crippen molar-refractivity contribution >= 4 is 58.0 Å². The van der Waals surface area contributed by atoms with Crippen molar-refractivity contribution in [2.75, 3.05) is 18.1 Å². The van der Waals surface area contributed by atoms with E-state index >= 15 is 0 Å². The van der Waals surface area contributed by atoms with Crippen LogP contribution in [0.25, 0.3) is 6.08 Å². The Morgan fingerprint density at radius 2 is 2.36 bits per heavy atom. The number of nitrogens with one attached hydrogen (secondary N) is 1. The molecule has 0 saturated carbocycles. The summed E-state index contributed by atoms with van der Waals surface area (Å²) < 4.78 is 5.71. The molecule has 2 fully saturated rings. The topological polar surface area (TPSA) is 82.8 Å². The molecule has 0 bridgehead atoms. The second-order valence-electron chi connectivity index (χ2n) is 5.73. The minimum atomic E-state index is -0.479. The summed E-state index contributed by atoms with van der Waals surface area (Å²) in [5.74, 6) is 1.73. The van der Waals surface area contributed by atoms with Gasteiger partial charge < -0.3 is 14.8 Å². The number of nitrogens with zero attached hydrogens (tertiary/aromatic N) is 1. The zero-order valence-corrected chi connectivity index (χ0v) is 15.8. The number of aliphatic hydroxyl groups is 1. The molecular formula is C16H18N2O4S3. The van der Waals surface area contributed by atoms with Crippen molar-refractivity contribution < 1.29 is 19.1 Å².